The molecule has 35 heavy (non-hydrogen) atoms. The third-order valence-electron chi connectivity index (χ3n) is 5.76. The molecular formula is C25H16FN9. The number of fused-ring (bicyclic) bond motifs is 2. The minimum atomic E-state index is -0.551. The van der Waals surface area contributed by atoms with E-state index in [9.17, 15) is 5.26 Å². The van der Waals surface area contributed by atoms with Gasteiger partial charge in [-0.25, -0.2) is 9.37 Å². The molecule has 168 valence electrons. The van der Waals surface area contributed by atoms with Gasteiger partial charge in [0.15, 0.2) is 5.65 Å². The second-order valence-electron chi connectivity index (χ2n) is 7.92. The van der Waals surface area contributed by atoms with Crippen LogP contribution < -0.4 is 5.32 Å². The molecule has 6 aromatic rings. The van der Waals surface area contributed by atoms with Gasteiger partial charge < -0.3 is 5.32 Å². The molecule has 2 N–H and O–H groups in total. The maximum Gasteiger partial charge on any atom is 0.247 e. The summed E-state index contributed by atoms with van der Waals surface area (Å²) >= 11 is 0. The molecule has 0 bridgehead atoms. The smallest absolute Gasteiger partial charge is 0.247 e. The van der Waals surface area contributed by atoms with Crippen molar-refractivity contribution in [3.8, 4) is 28.5 Å². The molecular weight excluding hydrogens is 445 g/mol. The van der Waals surface area contributed by atoms with Crippen LogP contribution in [-0.4, -0.2) is 34.8 Å². The van der Waals surface area contributed by atoms with Crippen molar-refractivity contribution in [2.24, 2.45) is 0 Å². The molecule has 0 saturated heterocycles. The SMILES string of the molecule is Cc1cc(-c2c(-c3cn[nH]c3)ncn3nc(Nc4ccnc5ccccc45)nc23)c(F)cc1C#N. The van der Waals surface area contributed by atoms with Crippen molar-refractivity contribution in [2.45, 2.75) is 6.92 Å². The second-order valence-corrected chi connectivity index (χ2v) is 7.92. The number of aryl methyl sites for hydroxylation is 1. The highest BCUT2D eigenvalue weighted by molar-refractivity contribution is 5.93. The predicted molar refractivity (Wildman–Crippen MR) is 128 cm³/mol. The third-order valence-corrected chi connectivity index (χ3v) is 5.76. The lowest BCUT2D eigenvalue weighted by Gasteiger charge is -2.11. The summed E-state index contributed by atoms with van der Waals surface area (Å²) in [6.45, 7) is 1.76. The molecule has 10 heteroatoms. The minimum absolute atomic E-state index is 0.268. The standard InChI is InChI=1S/C25H16FN9/c1-14-8-18(19(26)9-15(14)10-27)22-23(16-11-30-31-12-16)29-13-35-24(22)33-25(34-35)32-21-6-7-28-20-5-3-2-4-17(20)21/h2-9,11-13H,1H3,(H,30,31)(H,28,32,34). The Hall–Kier alpha value is -5.17. The Kier molecular flexibility index (Phi) is 4.67. The van der Waals surface area contributed by atoms with Crippen molar-refractivity contribution in [1.29, 1.82) is 5.26 Å². The Labute approximate surface area is 197 Å². The molecule has 0 amide bonds. The number of nitrogens with zero attached hydrogens (tertiary/aromatic N) is 7. The number of rotatable bonds is 4. The lowest BCUT2D eigenvalue weighted by molar-refractivity contribution is 0.630. The van der Waals surface area contributed by atoms with E-state index in [-0.39, 0.29) is 11.1 Å². The first kappa shape index (κ1) is 20.4. The van der Waals surface area contributed by atoms with Crippen molar-refractivity contribution < 1.29 is 4.39 Å². The van der Waals surface area contributed by atoms with E-state index in [1.165, 1.54) is 16.9 Å². The zero-order valence-electron chi connectivity index (χ0n) is 18.4. The van der Waals surface area contributed by atoms with E-state index in [0.29, 0.717) is 34.0 Å². The number of benzene rings is 2. The third kappa shape index (κ3) is 3.43. The maximum absolute atomic E-state index is 15.3. The average molecular weight is 461 g/mol. The summed E-state index contributed by atoms with van der Waals surface area (Å²) in [5.41, 5.74) is 4.81. The monoisotopic (exact) mass is 461 g/mol. The summed E-state index contributed by atoms with van der Waals surface area (Å²) in [4.78, 5) is 13.6. The molecule has 0 unspecified atom stereocenters. The number of para-hydroxylation sites is 1. The van der Waals surface area contributed by atoms with Crippen LogP contribution in [0, 0.1) is 24.1 Å². The summed E-state index contributed by atoms with van der Waals surface area (Å²) in [7, 11) is 0. The van der Waals surface area contributed by atoms with E-state index in [4.69, 9.17) is 4.98 Å². The fourth-order valence-corrected chi connectivity index (χ4v) is 4.08. The van der Waals surface area contributed by atoms with Gasteiger partial charge in [-0.05, 0) is 36.8 Å². The van der Waals surface area contributed by atoms with Gasteiger partial charge in [0, 0.05) is 28.9 Å². The van der Waals surface area contributed by atoms with Crippen LogP contribution in [0.25, 0.3) is 38.9 Å². The van der Waals surface area contributed by atoms with Crippen LogP contribution in [0.4, 0.5) is 16.0 Å². The average Bonchev–Trinajstić information content (AvgIpc) is 3.55. The molecule has 0 spiro atoms. The Bertz CT molecular complexity index is 1760. The number of aromatic amines is 1. The van der Waals surface area contributed by atoms with E-state index in [1.54, 1.807) is 31.6 Å². The molecule has 2 aromatic carbocycles. The Morgan fingerprint density at radius 1 is 1.14 bits per heavy atom. The summed E-state index contributed by atoms with van der Waals surface area (Å²) < 4.78 is 16.8. The number of nitrogens with one attached hydrogen (secondary N) is 2. The van der Waals surface area contributed by atoms with Crippen molar-refractivity contribution >= 4 is 28.2 Å². The summed E-state index contributed by atoms with van der Waals surface area (Å²) in [5, 5.41) is 24.8. The van der Waals surface area contributed by atoms with E-state index in [2.05, 4.69) is 30.6 Å². The number of hydrogen-bond acceptors (Lipinski definition) is 7. The van der Waals surface area contributed by atoms with Gasteiger partial charge in [0.25, 0.3) is 0 Å². The zero-order chi connectivity index (χ0) is 23.9. The lowest BCUT2D eigenvalue weighted by Crippen LogP contribution is -2.00. The highest BCUT2D eigenvalue weighted by atomic mass is 19.1. The minimum Gasteiger partial charge on any atom is -0.322 e. The van der Waals surface area contributed by atoms with Gasteiger partial charge in [0.2, 0.25) is 5.95 Å². The van der Waals surface area contributed by atoms with Crippen molar-refractivity contribution in [2.75, 3.05) is 5.32 Å². The van der Waals surface area contributed by atoms with Gasteiger partial charge in [-0.3, -0.25) is 10.1 Å². The molecule has 0 aliphatic rings. The summed E-state index contributed by atoms with van der Waals surface area (Å²) in [5.74, 6) is -0.232. The first-order valence-corrected chi connectivity index (χ1v) is 10.7. The summed E-state index contributed by atoms with van der Waals surface area (Å²) in [6, 6.07) is 14.5. The number of hydrogen-bond donors (Lipinski definition) is 2. The first-order chi connectivity index (χ1) is 17.1. The number of nitriles is 1. The topological polar surface area (TPSA) is 120 Å². The van der Waals surface area contributed by atoms with Gasteiger partial charge in [-0.1, -0.05) is 18.2 Å². The van der Waals surface area contributed by atoms with Crippen molar-refractivity contribution in [3.63, 3.8) is 0 Å². The van der Waals surface area contributed by atoms with Gasteiger partial charge in [0.05, 0.1) is 40.3 Å². The molecule has 0 radical (unpaired) electrons. The zero-order valence-corrected chi connectivity index (χ0v) is 18.4. The van der Waals surface area contributed by atoms with Crippen LogP contribution in [0.3, 0.4) is 0 Å². The highest BCUT2D eigenvalue weighted by Gasteiger charge is 2.22. The number of anilines is 2. The van der Waals surface area contributed by atoms with Crippen LogP contribution in [0.15, 0.2) is 67.4 Å². The number of pyridine rings is 1. The van der Waals surface area contributed by atoms with E-state index in [1.807, 2.05) is 36.4 Å². The number of aromatic nitrogens is 7. The van der Waals surface area contributed by atoms with Gasteiger partial charge in [-0.2, -0.15) is 19.9 Å². The van der Waals surface area contributed by atoms with Crippen LogP contribution in [0.2, 0.25) is 0 Å². The molecule has 6 rings (SSSR count). The van der Waals surface area contributed by atoms with Crippen molar-refractivity contribution in [3.05, 3.63) is 84.3 Å². The largest absolute Gasteiger partial charge is 0.322 e. The van der Waals surface area contributed by atoms with Gasteiger partial charge >= 0.3 is 0 Å². The number of H-pyrrole nitrogens is 1. The molecule has 0 aliphatic carbocycles. The Morgan fingerprint density at radius 3 is 2.86 bits per heavy atom. The van der Waals surface area contributed by atoms with E-state index in [0.717, 1.165) is 16.6 Å². The van der Waals surface area contributed by atoms with Gasteiger partial charge in [-0.15, -0.1) is 5.10 Å². The van der Waals surface area contributed by atoms with Crippen LogP contribution in [-0.2, 0) is 0 Å². The van der Waals surface area contributed by atoms with Gasteiger partial charge in [0.1, 0.15) is 12.1 Å². The summed E-state index contributed by atoms with van der Waals surface area (Å²) in [6.07, 6.45) is 6.52. The molecule has 4 aromatic heterocycles. The quantitative estimate of drug-likeness (QED) is 0.387. The first-order valence-electron chi connectivity index (χ1n) is 10.7. The van der Waals surface area contributed by atoms with Crippen molar-refractivity contribution in [1.82, 2.24) is 34.8 Å². The molecule has 0 fully saturated rings. The van der Waals surface area contributed by atoms with Crippen LogP contribution in [0.5, 0.6) is 0 Å². The maximum atomic E-state index is 15.3. The predicted octanol–water partition coefficient (Wildman–Crippen LogP) is 4.79. The molecule has 4 heterocycles. The second kappa shape index (κ2) is 8.00. The highest BCUT2D eigenvalue weighted by Crippen LogP contribution is 2.36. The van der Waals surface area contributed by atoms with E-state index < -0.39 is 5.82 Å². The van der Waals surface area contributed by atoms with E-state index >= 15 is 4.39 Å². The Morgan fingerprint density at radius 2 is 2.03 bits per heavy atom. The normalized spacial score (nSPS) is 11.1. The molecule has 0 atom stereocenters. The van der Waals surface area contributed by atoms with Crippen LogP contribution in [0.1, 0.15) is 11.1 Å². The molecule has 0 saturated carbocycles. The molecule has 0 aliphatic heterocycles. The molecule has 9 nitrogen and oxygen atoms in total. The Balaban J connectivity index is 1.56. The fourth-order valence-electron chi connectivity index (χ4n) is 4.08. The number of halogens is 1. The lowest BCUT2D eigenvalue weighted by atomic mass is 9.97. The van der Waals surface area contributed by atoms with Crippen LogP contribution >= 0.6 is 0 Å². The fraction of sp³-hybridized carbons (Fsp3) is 0.0400.